The van der Waals surface area contributed by atoms with Gasteiger partial charge in [0, 0.05) is 6.42 Å². The first-order valence-electron chi connectivity index (χ1n) is 8.28. The number of alkyl halides is 13. The minimum absolute atomic E-state index is 0.276. The number of hydrogen-bond acceptors (Lipinski definition) is 1. The molecule has 31 heavy (non-hydrogen) atoms. The highest BCUT2D eigenvalue weighted by molar-refractivity contribution is 5.27. The van der Waals surface area contributed by atoms with Gasteiger partial charge in [0.1, 0.15) is 0 Å². The summed E-state index contributed by atoms with van der Waals surface area (Å²) >= 11 is 0. The molecule has 0 aromatic heterocycles. The first kappa shape index (κ1) is 27.3. The van der Waals surface area contributed by atoms with E-state index in [-0.39, 0.29) is 5.92 Å². The summed E-state index contributed by atoms with van der Waals surface area (Å²) in [6.07, 6.45) is -12.8. The van der Waals surface area contributed by atoms with Crippen LogP contribution in [0.25, 0.3) is 0 Å². The molecule has 1 unspecified atom stereocenters. The fourth-order valence-corrected chi connectivity index (χ4v) is 2.42. The molecule has 0 aliphatic rings. The third kappa shape index (κ3) is 4.44. The van der Waals surface area contributed by atoms with Gasteiger partial charge in [0.15, 0.2) is 0 Å². The molecule has 1 aromatic carbocycles. The fraction of sp³-hybridized carbons (Fsp3) is 0.647. The summed E-state index contributed by atoms with van der Waals surface area (Å²) in [4.78, 5) is 0. The quantitative estimate of drug-likeness (QED) is 0.397. The Hall–Kier alpha value is -1.73. The van der Waals surface area contributed by atoms with Gasteiger partial charge < -0.3 is 5.11 Å². The molecule has 1 nitrogen and oxygen atoms in total. The van der Waals surface area contributed by atoms with Gasteiger partial charge in [-0.3, -0.25) is 0 Å². The van der Waals surface area contributed by atoms with Crippen molar-refractivity contribution in [2.45, 2.75) is 68.1 Å². The molecule has 0 saturated carbocycles. The second-order valence-electron chi connectivity index (χ2n) is 7.04. The third-order valence-corrected chi connectivity index (χ3v) is 4.41. The van der Waals surface area contributed by atoms with Crippen molar-refractivity contribution in [1.29, 1.82) is 0 Å². The van der Waals surface area contributed by atoms with Crippen molar-refractivity contribution in [3.05, 3.63) is 35.4 Å². The van der Waals surface area contributed by atoms with Crippen LogP contribution in [0.1, 0.15) is 43.4 Å². The van der Waals surface area contributed by atoms with Crippen molar-refractivity contribution in [3.8, 4) is 0 Å². The molecule has 0 bridgehead atoms. The zero-order valence-electron chi connectivity index (χ0n) is 15.5. The summed E-state index contributed by atoms with van der Waals surface area (Å²) in [5.41, 5.74) is -0.161. The maximum Gasteiger partial charge on any atom is 0.460 e. The number of halogens is 13. The Bertz CT molecular complexity index is 768. The molecule has 0 heterocycles. The van der Waals surface area contributed by atoms with Crippen LogP contribution in [-0.2, 0) is 0 Å². The van der Waals surface area contributed by atoms with E-state index in [1.54, 1.807) is 13.8 Å². The summed E-state index contributed by atoms with van der Waals surface area (Å²) in [7, 11) is 0. The van der Waals surface area contributed by atoms with E-state index in [0.717, 1.165) is 18.2 Å². The van der Waals surface area contributed by atoms with Gasteiger partial charge in [-0.25, -0.2) is 0 Å². The van der Waals surface area contributed by atoms with Crippen LogP contribution in [0.3, 0.4) is 0 Å². The van der Waals surface area contributed by atoms with Crippen LogP contribution in [-0.4, -0.2) is 40.9 Å². The zero-order chi connectivity index (χ0) is 24.8. The topological polar surface area (TPSA) is 20.2 Å². The number of aliphatic hydroxyl groups excluding tert-OH is 1. The molecule has 14 heteroatoms. The Balaban J connectivity index is 3.35. The molecule has 1 N–H and O–H groups in total. The Labute approximate surface area is 166 Å². The lowest BCUT2D eigenvalue weighted by Crippen LogP contribution is -2.70. The average Bonchev–Trinajstić information content (AvgIpc) is 2.59. The van der Waals surface area contributed by atoms with Crippen molar-refractivity contribution in [2.75, 3.05) is 0 Å². The molecule has 0 radical (unpaired) electrons. The smallest absolute Gasteiger partial charge is 0.388 e. The molecule has 0 fully saturated rings. The van der Waals surface area contributed by atoms with Gasteiger partial charge in [0.2, 0.25) is 0 Å². The van der Waals surface area contributed by atoms with E-state index >= 15 is 0 Å². The highest BCUT2D eigenvalue weighted by atomic mass is 19.4. The van der Waals surface area contributed by atoms with E-state index in [1.807, 2.05) is 0 Å². The summed E-state index contributed by atoms with van der Waals surface area (Å²) in [5.74, 6) is -37.6. The second-order valence-corrected chi connectivity index (χ2v) is 7.04. The molecule has 1 aromatic rings. The van der Waals surface area contributed by atoms with Crippen LogP contribution >= 0.6 is 0 Å². The van der Waals surface area contributed by atoms with Crippen LogP contribution in [0, 0.1) is 0 Å². The van der Waals surface area contributed by atoms with Crippen molar-refractivity contribution in [3.63, 3.8) is 0 Å². The number of rotatable bonds is 8. The van der Waals surface area contributed by atoms with Crippen LogP contribution in [0.2, 0.25) is 0 Å². The monoisotopic (exact) mass is 482 g/mol. The lowest BCUT2D eigenvalue weighted by Gasteiger charge is -2.40. The molecule has 0 amide bonds. The van der Waals surface area contributed by atoms with Gasteiger partial charge in [0.05, 0.1) is 6.10 Å². The SMILES string of the molecule is CC(C)c1cccc(C(O)CC(F)(F)C(F)(F)C(F)(F)C(F)(F)C(F)(F)C(F)(F)F)c1. The van der Waals surface area contributed by atoms with Crippen molar-refractivity contribution < 1.29 is 62.2 Å². The van der Waals surface area contributed by atoms with Crippen LogP contribution in [0.4, 0.5) is 57.1 Å². The largest absolute Gasteiger partial charge is 0.460 e. The summed E-state index contributed by atoms with van der Waals surface area (Å²) in [6.45, 7) is 3.19. The Morgan fingerprint density at radius 2 is 1.10 bits per heavy atom. The molecule has 0 saturated heterocycles. The maximum absolute atomic E-state index is 13.9. The minimum Gasteiger partial charge on any atom is -0.388 e. The molecule has 0 spiro atoms. The van der Waals surface area contributed by atoms with E-state index < -0.39 is 53.9 Å². The minimum atomic E-state index is -7.95. The van der Waals surface area contributed by atoms with E-state index in [1.165, 1.54) is 6.07 Å². The van der Waals surface area contributed by atoms with Gasteiger partial charge in [-0.05, 0) is 17.0 Å². The number of benzene rings is 1. The second kappa shape index (κ2) is 8.00. The van der Waals surface area contributed by atoms with Gasteiger partial charge in [-0.1, -0.05) is 38.1 Å². The van der Waals surface area contributed by atoms with E-state index in [0.29, 0.717) is 5.56 Å². The first-order valence-corrected chi connectivity index (χ1v) is 8.28. The lowest BCUT2D eigenvalue weighted by atomic mass is 9.89. The molecular formula is C17H15F13O. The lowest BCUT2D eigenvalue weighted by molar-refractivity contribution is -0.440. The van der Waals surface area contributed by atoms with Crippen LogP contribution in [0.5, 0.6) is 0 Å². The van der Waals surface area contributed by atoms with Crippen molar-refractivity contribution in [1.82, 2.24) is 0 Å². The van der Waals surface area contributed by atoms with Crippen LogP contribution < -0.4 is 0 Å². The fourth-order valence-electron chi connectivity index (χ4n) is 2.42. The Morgan fingerprint density at radius 3 is 1.52 bits per heavy atom. The van der Waals surface area contributed by atoms with Gasteiger partial charge in [0.25, 0.3) is 0 Å². The highest BCUT2D eigenvalue weighted by Crippen LogP contribution is 2.61. The van der Waals surface area contributed by atoms with E-state index in [4.69, 9.17) is 0 Å². The third-order valence-electron chi connectivity index (χ3n) is 4.41. The van der Waals surface area contributed by atoms with Gasteiger partial charge >= 0.3 is 35.8 Å². The Morgan fingerprint density at radius 1 is 0.677 bits per heavy atom. The van der Waals surface area contributed by atoms with Crippen molar-refractivity contribution >= 4 is 0 Å². The predicted molar refractivity (Wildman–Crippen MR) is 80.9 cm³/mol. The molecule has 1 atom stereocenters. The molecular weight excluding hydrogens is 467 g/mol. The summed E-state index contributed by atoms with van der Waals surface area (Å²) in [5, 5.41) is 9.71. The summed E-state index contributed by atoms with van der Waals surface area (Å²) in [6, 6.07) is 4.49. The van der Waals surface area contributed by atoms with Gasteiger partial charge in [-0.2, -0.15) is 57.1 Å². The number of aliphatic hydroxyl groups is 1. The highest BCUT2D eigenvalue weighted by Gasteiger charge is 2.90. The standard InChI is InChI=1S/C17H15F13O/c1-8(2)9-4-3-5-10(6-9)11(31)7-12(18,19)13(20,21)14(22,23)15(24,25)16(26,27)17(28,29)30/h3-6,8,11,31H,7H2,1-2H3. The van der Waals surface area contributed by atoms with E-state index in [2.05, 4.69) is 0 Å². The average molecular weight is 482 g/mol. The molecule has 1 rings (SSSR count). The van der Waals surface area contributed by atoms with Gasteiger partial charge in [-0.15, -0.1) is 0 Å². The van der Waals surface area contributed by atoms with Crippen LogP contribution in [0.15, 0.2) is 24.3 Å². The summed E-state index contributed by atoms with van der Waals surface area (Å²) < 4.78 is 170. The molecule has 0 aliphatic heterocycles. The van der Waals surface area contributed by atoms with E-state index in [9.17, 15) is 62.2 Å². The normalized spacial score (nSPS) is 16.0. The molecule has 0 aliphatic carbocycles. The maximum atomic E-state index is 13.9. The number of hydrogen-bond donors (Lipinski definition) is 1. The van der Waals surface area contributed by atoms with Crippen molar-refractivity contribution in [2.24, 2.45) is 0 Å². The first-order chi connectivity index (χ1) is 13.5. The molecule has 180 valence electrons. The zero-order valence-corrected chi connectivity index (χ0v) is 15.5. The predicted octanol–water partition coefficient (Wildman–Crippen LogP) is 6.97. The Kier molecular flexibility index (Phi) is 7.04.